The van der Waals surface area contributed by atoms with Gasteiger partial charge in [-0.2, -0.15) is 0 Å². The van der Waals surface area contributed by atoms with Gasteiger partial charge in [-0.15, -0.1) is 0 Å². The van der Waals surface area contributed by atoms with Gasteiger partial charge in [-0.25, -0.2) is 0 Å². The van der Waals surface area contributed by atoms with Gasteiger partial charge in [-0.3, -0.25) is 4.79 Å². The third kappa shape index (κ3) is 1.45. The zero-order valence-corrected chi connectivity index (χ0v) is 9.40. The maximum Gasteiger partial charge on any atom is 0.257 e. The van der Waals surface area contributed by atoms with Crippen molar-refractivity contribution in [2.75, 3.05) is 26.2 Å². The number of nitrogens with one attached hydrogen (secondary N) is 1. The summed E-state index contributed by atoms with van der Waals surface area (Å²) in [6.07, 6.45) is 1.58. The highest BCUT2D eigenvalue weighted by Gasteiger charge is 2.38. The summed E-state index contributed by atoms with van der Waals surface area (Å²) in [6, 6.07) is 1.77. The molecule has 1 aromatic heterocycles. The van der Waals surface area contributed by atoms with Crippen LogP contribution in [0, 0.1) is 18.8 Å². The summed E-state index contributed by atoms with van der Waals surface area (Å²) in [5.41, 5.74) is 0.716. The molecular formula is C12H16N2O2. The zero-order chi connectivity index (χ0) is 11.1. The van der Waals surface area contributed by atoms with E-state index in [4.69, 9.17) is 4.42 Å². The third-order valence-corrected chi connectivity index (χ3v) is 3.77. The molecule has 2 aliphatic heterocycles. The Kier molecular flexibility index (Phi) is 2.24. The van der Waals surface area contributed by atoms with Crippen LogP contribution in [0.4, 0.5) is 0 Å². The minimum absolute atomic E-state index is 0.126. The first-order valence-electron chi connectivity index (χ1n) is 5.80. The molecule has 16 heavy (non-hydrogen) atoms. The highest BCUT2D eigenvalue weighted by molar-refractivity contribution is 5.95. The fourth-order valence-electron chi connectivity index (χ4n) is 2.80. The highest BCUT2D eigenvalue weighted by atomic mass is 16.3. The predicted molar refractivity (Wildman–Crippen MR) is 59.2 cm³/mol. The fourth-order valence-corrected chi connectivity index (χ4v) is 2.80. The second kappa shape index (κ2) is 3.63. The number of hydrogen-bond acceptors (Lipinski definition) is 3. The topological polar surface area (TPSA) is 45.5 Å². The van der Waals surface area contributed by atoms with Crippen LogP contribution in [0.5, 0.6) is 0 Å². The van der Waals surface area contributed by atoms with E-state index in [2.05, 4.69) is 5.32 Å². The largest absolute Gasteiger partial charge is 0.469 e. The molecule has 1 aromatic rings. The Bertz CT molecular complexity index is 401. The summed E-state index contributed by atoms with van der Waals surface area (Å²) in [5.74, 6) is 2.15. The third-order valence-electron chi connectivity index (χ3n) is 3.77. The Labute approximate surface area is 94.6 Å². The second-order valence-corrected chi connectivity index (χ2v) is 4.78. The number of hydrogen-bond donors (Lipinski definition) is 1. The van der Waals surface area contributed by atoms with E-state index in [0.29, 0.717) is 17.4 Å². The van der Waals surface area contributed by atoms with Gasteiger partial charge in [0.15, 0.2) is 0 Å². The number of amides is 1. The van der Waals surface area contributed by atoms with E-state index in [1.165, 1.54) is 0 Å². The van der Waals surface area contributed by atoms with Crippen molar-refractivity contribution in [1.82, 2.24) is 10.2 Å². The molecule has 3 heterocycles. The summed E-state index contributed by atoms with van der Waals surface area (Å²) in [6.45, 7) is 5.73. The molecule has 2 aliphatic rings. The molecule has 0 unspecified atom stereocenters. The molecule has 1 N–H and O–H groups in total. The summed E-state index contributed by atoms with van der Waals surface area (Å²) in [5, 5.41) is 3.37. The summed E-state index contributed by atoms with van der Waals surface area (Å²) >= 11 is 0. The van der Waals surface area contributed by atoms with Crippen LogP contribution < -0.4 is 5.32 Å². The van der Waals surface area contributed by atoms with E-state index >= 15 is 0 Å². The number of likely N-dealkylation sites (tertiary alicyclic amines) is 1. The Morgan fingerprint density at radius 2 is 2.12 bits per heavy atom. The second-order valence-electron chi connectivity index (χ2n) is 4.78. The van der Waals surface area contributed by atoms with Crippen LogP contribution in [0.2, 0.25) is 0 Å². The predicted octanol–water partition coefficient (Wildman–Crippen LogP) is 0.879. The molecule has 4 heteroatoms. The van der Waals surface area contributed by atoms with E-state index in [1.54, 1.807) is 12.3 Å². The number of fused-ring (bicyclic) bond motifs is 1. The zero-order valence-electron chi connectivity index (χ0n) is 9.40. The van der Waals surface area contributed by atoms with Crippen molar-refractivity contribution < 1.29 is 9.21 Å². The number of carbonyl (C=O) groups excluding carboxylic acids is 1. The lowest BCUT2D eigenvalue weighted by molar-refractivity contribution is 0.0780. The van der Waals surface area contributed by atoms with Crippen molar-refractivity contribution in [3.8, 4) is 0 Å². The molecule has 2 atom stereocenters. The molecule has 2 saturated heterocycles. The van der Waals surface area contributed by atoms with Gasteiger partial charge in [0.05, 0.1) is 11.8 Å². The smallest absolute Gasteiger partial charge is 0.257 e. The van der Waals surface area contributed by atoms with Gasteiger partial charge in [-0.05, 0) is 24.8 Å². The Morgan fingerprint density at radius 3 is 2.69 bits per heavy atom. The van der Waals surface area contributed by atoms with Crippen molar-refractivity contribution in [2.45, 2.75) is 6.92 Å². The van der Waals surface area contributed by atoms with E-state index in [-0.39, 0.29) is 5.91 Å². The number of rotatable bonds is 1. The maximum atomic E-state index is 12.2. The number of nitrogens with zero attached hydrogens (tertiary/aromatic N) is 1. The Hall–Kier alpha value is -1.29. The van der Waals surface area contributed by atoms with Crippen LogP contribution in [0.25, 0.3) is 0 Å². The quantitative estimate of drug-likeness (QED) is 0.764. The average Bonchev–Trinajstić information content (AvgIpc) is 2.89. The number of furan rings is 1. The Morgan fingerprint density at radius 1 is 1.44 bits per heavy atom. The summed E-state index contributed by atoms with van der Waals surface area (Å²) in [7, 11) is 0. The highest BCUT2D eigenvalue weighted by Crippen LogP contribution is 2.27. The van der Waals surface area contributed by atoms with E-state index < -0.39 is 0 Å². The lowest BCUT2D eigenvalue weighted by atomic mass is 10.0. The lowest BCUT2D eigenvalue weighted by Gasteiger charge is -2.16. The van der Waals surface area contributed by atoms with Crippen molar-refractivity contribution in [2.24, 2.45) is 11.8 Å². The normalized spacial score (nSPS) is 28.4. The van der Waals surface area contributed by atoms with Gasteiger partial charge >= 0.3 is 0 Å². The van der Waals surface area contributed by atoms with E-state index in [0.717, 1.165) is 31.9 Å². The molecule has 0 bridgehead atoms. The molecule has 0 aromatic carbocycles. The SMILES string of the molecule is Cc1occc1C(=O)N1C[C@H]2CNC[C@H]2C1. The standard InChI is InChI=1S/C12H16N2O2/c1-8-11(2-3-16-8)12(15)14-6-9-4-13-5-10(9)7-14/h2-3,9-10,13H,4-7H2,1H3/t9-,10+. The minimum Gasteiger partial charge on any atom is -0.469 e. The van der Waals surface area contributed by atoms with E-state index in [9.17, 15) is 4.79 Å². The summed E-state index contributed by atoms with van der Waals surface area (Å²) in [4.78, 5) is 14.2. The molecule has 0 spiro atoms. The van der Waals surface area contributed by atoms with Gasteiger partial charge in [0.1, 0.15) is 5.76 Å². The molecule has 2 fully saturated rings. The van der Waals surface area contributed by atoms with Crippen molar-refractivity contribution >= 4 is 5.91 Å². The fraction of sp³-hybridized carbons (Fsp3) is 0.583. The van der Waals surface area contributed by atoms with Crippen LogP contribution in [0.3, 0.4) is 0 Å². The molecule has 0 aliphatic carbocycles. The van der Waals surface area contributed by atoms with E-state index in [1.807, 2.05) is 11.8 Å². The van der Waals surface area contributed by atoms with Gasteiger partial charge in [0, 0.05) is 26.2 Å². The molecule has 4 nitrogen and oxygen atoms in total. The first kappa shape index (κ1) is 9.90. The first-order chi connectivity index (χ1) is 7.75. The van der Waals surface area contributed by atoms with Crippen molar-refractivity contribution in [1.29, 1.82) is 0 Å². The lowest BCUT2D eigenvalue weighted by Crippen LogP contribution is -2.31. The minimum atomic E-state index is 0.126. The van der Waals surface area contributed by atoms with Crippen LogP contribution >= 0.6 is 0 Å². The average molecular weight is 220 g/mol. The molecule has 1 amide bonds. The molecular weight excluding hydrogens is 204 g/mol. The molecule has 86 valence electrons. The van der Waals surface area contributed by atoms with Crippen LogP contribution in [0.15, 0.2) is 16.7 Å². The summed E-state index contributed by atoms with van der Waals surface area (Å²) < 4.78 is 5.18. The van der Waals surface area contributed by atoms with Gasteiger partial charge in [0.2, 0.25) is 0 Å². The van der Waals surface area contributed by atoms with Gasteiger partial charge in [-0.1, -0.05) is 0 Å². The van der Waals surface area contributed by atoms with Crippen LogP contribution in [-0.2, 0) is 0 Å². The number of carbonyl (C=O) groups is 1. The van der Waals surface area contributed by atoms with Crippen molar-refractivity contribution in [3.63, 3.8) is 0 Å². The molecule has 0 saturated carbocycles. The monoisotopic (exact) mass is 220 g/mol. The molecule has 0 radical (unpaired) electrons. The van der Waals surface area contributed by atoms with Gasteiger partial charge in [0.25, 0.3) is 5.91 Å². The first-order valence-corrected chi connectivity index (χ1v) is 5.80. The van der Waals surface area contributed by atoms with Crippen molar-refractivity contribution in [3.05, 3.63) is 23.7 Å². The van der Waals surface area contributed by atoms with Gasteiger partial charge < -0.3 is 14.6 Å². The maximum absolute atomic E-state index is 12.2. The number of aryl methyl sites for hydroxylation is 1. The van der Waals surface area contributed by atoms with Crippen LogP contribution in [-0.4, -0.2) is 37.0 Å². The Balaban J connectivity index is 1.75. The molecule has 3 rings (SSSR count). The van der Waals surface area contributed by atoms with Crippen LogP contribution in [0.1, 0.15) is 16.1 Å².